The van der Waals surface area contributed by atoms with Crippen LogP contribution >= 0.6 is 0 Å². The van der Waals surface area contributed by atoms with Crippen LogP contribution in [0.2, 0.25) is 0 Å². The molecule has 0 saturated heterocycles. The molecule has 0 bridgehead atoms. The van der Waals surface area contributed by atoms with E-state index >= 15 is 0 Å². The quantitative estimate of drug-likeness (QED) is 0.774. The number of H-pyrrole nitrogens is 1. The molecule has 2 N–H and O–H groups in total. The van der Waals surface area contributed by atoms with Gasteiger partial charge in [-0.1, -0.05) is 20.8 Å². The molecule has 1 aliphatic carbocycles. The highest BCUT2D eigenvalue weighted by atomic mass is 15.0. The summed E-state index contributed by atoms with van der Waals surface area (Å²) in [5, 5.41) is 3.67. The van der Waals surface area contributed by atoms with Crippen LogP contribution in [0, 0.1) is 11.3 Å². The third kappa shape index (κ3) is 2.64. The molecule has 2 rings (SSSR count). The fourth-order valence-corrected chi connectivity index (χ4v) is 2.50. The molecule has 3 heteroatoms. The van der Waals surface area contributed by atoms with Gasteiger partial charge in [-0.2, -0.15) is 0 Å². The van der Waals surface area contributed by atoms with Crippen molar-refractivity contribution in [3.63, 3.8) is 0 Å². The third-order valence-electron chi connectivity index (χ3n) is 3.70. The van der Waals surface area contributed by atoms with E-state index in [4.69, 9.17) is 0 Å². The third-order valence-corrected chi connectivity index (χ3v) is 3.70. The van der Waals surface area contributed by atoms with E-state index in [1.807, 2.05) is 12.4 Å². The van der Waals surface area contributed by atoms with Gasteiger partial charge in [0.05, 0.1) is 0 Å². The molecule has 1 heterocycles. The summed E-state index contributed by atoms with van der Waals surface area (Å²) in [6.07, 6.45) is 7.31. The molecule has 16 heavy (non-hydrogen) atoms. The lowest BCUT2D eigenvalue weighted by molar-refractivity contribution is 0.398. The first-order valence-corrected chi connectivity index (χ1v) is 6.35. The highest BCUT2D eigenvalue weighted by molar-refractivity contribution is 5.05. The predicted octanol–water partition coefficient (Wildman–Crippen LogP) is 2.37. The van der Waals surface area contributed by atoms with E-state index in [0.717, 1.165) is 24.7 Å². The molecule has 2 unspecified atom stereocenters. The van der Waals surface area contributed by atoms with Gasteiger partial charge in [-0.3, -0.25) is 0 Å². The van der Waals surface area contributed by atoms with Crippen molar-refractivity contribution in [2.24, 2.45) is 11.3 Å². The Morgan fingerprint density at radius 1 is 1.62 bits per heavy atom. The molecule has 90 valence electrons. The lowest BCUT2D eigenvalue weighted by atomic mass is 10.0. The second kappa shape index (κ2) is 4.58. The van der Waals surface area contributed by atoms with Crippen molar-refractivity contribution in [2.45, 2.75) is 46.1 Å². The van der Waals surface area contributed by atoms with Crippen molar-refractivity contribution >= 4 is 0 Å². The largest absolute Gasteiger partial charge is 0.349 e. The maximum absolute atomic E-state index is 4.33. The van der Waals surface area contributed by atoms with Crippen LogP contribution in [0.5, 0.6) is 0 Å². The minimum atomic E-state index is 0.526. The topological polar surface area (TPSA) is 40.7 Å². The van der Waals surface area contributed by atoms with E-state index < -0.39 is 0 Å². The highest BCUT2D eigenvalue weighted by Crippen LogP contribution is 2.53. The molecule has 0 aromatic carbocycles. The predicted molar refractivity (Wildman–Crippen MR) is 66.3 cm³/mol. The molecule has 1 saturated carbocycles. The van der Waals surface area contributed by atoms with Crippen LogP contribution in [-0.4, -0.2) is 22.6 Å². The van der Waals surface area contributed by atoms with Gasteiger partial charge in [0.2, 0.25) is 0 Å². The minimum absolute atomic E-state index is 0.526. The van der Waals surface area contributed by atoms with Gasteiger partial charge < -0.3 is 10.3 Å². The summed E-state index contributed by atoms with van der Waals surface area (Å²) in [6, 6.07) is 0.584. The van der Waals surface area contributed by atoms with Crippen LogP contribution in [-0.2, 0) is 6.42 Å². The first-order chi connectivity index (χ1) is 7.63. The van der Waals surface area contributed by atoms with Crippen molar-refractivity contribution in [1.29, 1.82) is 0 Å². The number of hydrogen-bond acceptors (Lipinski definition) is 2. The van der Waals surface area contributed by atoms with E-state index in [0.29, 0.717) is 11.5 Å². The molecule has 1 aromatic rings. The maximum Gasteiger partial charge on any atom is 0.107 e. The van der Waals surface area contributed by atoms with E-state index in [2.05, 4.69) is 36.1 Å². The summed E-state index contributed by atoms with van der Waals surface area (Å²) >= 11 is 0. The monoisotopic (exact) mass is 221 g/mol. The summed E-state index contributed by atoms with van der Waals surface area (Å²) in [7, 11) is 0. The second-order valence-corrected chi connectivity index (χ2v) is 5.60. The van der Waals surface area contributed by atoms with Crippen LogP contribution < -0.4 is 5.32 Å². The van der Waals surface area contributed by atoms with E-state index in [9.17, 15) is 0 Å². The summed E-state index contributed by atoms with van der Waals surface area (Å²) in [6.45, 7) is 8.05. The summed E-state index contributed by atoms with van der Waals surface area (Å²) in [5.41, 5.74) is 0.526. The van der Waals surface area contributed by atoms with Gasteiger partial charge in [0, 0.05) is 24.9 Å². The Hall–Kier alpha value is -0.830. The standard InChI is InChI=1S/C13H23N3/c1-4-5-14-11(10-9-13(10,2)3)8-12-15-6-7-16-12/h6-7,10-11,14H,4-5,8-9H2,1-3H3,(H,15,16). The van der Waals surface area contributed by atoms with E-state index in [-0.39, 0.29) is 0 Å². The van der Waals surface area contributed by atoms with Crippen molar-refractivity contribution in [3.8, 4) is 0 Å². The van der Waals surface area contributed by atoms with Crippen LogP contribution in [0.15, 0.2) is 12.4 Å². The maximum atomic E-state index is 4.33. The van der Waals surface area contributed by atoms with Crippen LogP contribution in [0.3, 0.4) is 0 Å². The van der Waals surface area contributed by atoms with Gasteiger partial charge in [0.1, 0.15) is 5.82 Å². The average Bonchev–Trinajstić information content (AvgIpc) is 2.67. The Labute approximate surface area is 98.1 Å². The summed E-state index contributed by atoms with van der Waals surface area (Å²) < 4.78 is 0. The summed E-state index contributed by atoms with van der Waals surface area (Å²) in [4.78, 5) is 7.53. The van der Waals surface area contributed by atoms with Crippen molar-refractivity contribution in [3.05, 3.63) is 18.2 Å². The minimum Gasteiger partial charge on any atom is -0.349 e. The lowest BCUT2D eigenvalue weighted by Gasteiger charge is -2.19. The van der Waals surface area contributed by atoms with Crippen molar-refractivity contribution in [1.82, 2.24) is 15.3 Å². The molecule has 1 aliphatic rings. The van der Waals surface area contributed by atoms with Gasteiger partial charge in [0.25, 0.3) is 0 Å². The molecular formula is C13H23N3. The Morgan fingerprint density at radius 2 is 2.38 bits per heavy atom. The van der Waals surface area contributed by atoms with E-state index in [1.165, 1.54) is 12.8 Å². The van der Waals surface area contributed by atoms with Crippen LogP contribution in [0.1, 0.15) is 39.4 Å². The van der Waals surface area contributed by atoms with E-state index in [1.54, 1.807) is 0 Å². The number of nitrogens with zero attached hydrogens (tertiary/aromatic N) is 1. The molecule has 1 fully saturated rings. The fourth-order valence-electron chi connectivity index (χ4n) is 2.50. The van der Waals surface area contributed by atoms with Crippen molar-refractivity contribution in [2.75, 3.05) is 6.54 Å². The summed E-state index contributed by atoms with van der Waals surface area (Å²) in [5.74, 6) is 1.92. The Bertz CT molecular complexity index is 316. The molecule has 1 aromatic heterocycles. The number of aromatic nitrogens is 2. The fraction of sp³-hybridized carbons (Fsp3) is 0.769. The number of hydrogen-bond donors (Lipinski definition) is 2. The SMILES string of the molecule is CCCNC(Cc1ncc[nH]1)C1CC1(C)C. The second-order valence-electron chi connectivity index (χ2n) is 5.60. The zero-order chi connectivity index (χ0) is 11.6. The number of nitrogens with one attached hydrogen (secondary N) is 2. The number of rotatable bonds is 6. The molecule has 0 amide bonds. The van der Waals surface area contributed by atoms with Gasteiger partial charge >= 0.3 is 0 Å². The molecule has 2 atom stereocenters. The normalized spacial score (nSPS) is 24.3. The Balaban J connectivity index is 1.93. The van der Waals surface area contributed by atoms with Crippen LogP contribution in [0.4, 0.5) is 0 Å². The number of aromatic amines is 1. The van der Waals surface area contributed by atoms with Gasteiger partial charge in [-0.15, -0.1) is 0 Å². The van der Waals surface area contributed by atoms with Crippen molar-refractivity contribution < 1.29 is 0 Å². The molecule has 3 nitrogen and oxygen atoms in total. The van der Waals surface area contributed by atoms with Crippen LogP contribution in [0.25, 0.3) is 0 Å². The number of imidazole rings is 1. The first-order valence-electron chi connectivity index (χ1n) is 6.35. The Kier molecular flexibility index (Phi) is 3.33. The lowest BCUT2D eigenvalue weighted by Crippen LogP contribution is -2.35. The zero-order valence-corrected chi connectivity index (χ0v) is 10.6. The Morgan fingerprint density at radius 3 is 2.88 bits per heavy atom. The first kappa shape index (κ1) is 11.6. The molecule has 0 spiro atoms. The molecule has 0 radical (unpaired) electrons. The smallest absolute Gasteiger partial charge is 0.107 e. The zero-order valence-electron chi connectivity index (χ0n) is 10.6. The average molecular weight is 221 g/mol. The van der Waals surface area contributed by atoms with Gasteiger partial charge in [-0.25, -0.2) is 4.98 Å². The highest BCUT2D eigenvalue weighted by Gasteiger charge is 2.49. The van der Waals surface area contributed by atoms with Gasteiger partial charge in [-0.05, 0) is 30.7 Å². The molecule has 0 aliphatic heterocycles. The molecular weight excluding hydrogens is 198 g/mol. The van der Waals surface area contributed by atoms with Gasteiger partial charge in [0.15, 0.2) is 0 Å².